The summed E-state index contributed by atoms with van der Waals surface area (Å²) in [5.74, 6) is 0.690. The zero-order chi connectivity index (χ0) is 17.4. The Labute approximate surface area is 145 Å². The predicted octanol–water partition coefficient (Wildman–Crippen LogP) is 3.09. The number of nitrogens with zero attached hydrogens (tertiary/aromatic N) is 4. The quantitative estimate of drug-likeness (QED) is 0.792. The van der Waals surface area contributed by atoms with E-state index in [1.54, 1.807) is 12.3 Å². The van der Waals surface area contributed by atoms with E-state index in [0.717, 1.165) is 41.8 Å². The molecule has 1 saturated heterocycles. The lowest BCUT2D eigenvalue weighted by Crippen LogP contribution is -2.39. The van der Waals surface area contributed by atoms with E-state index in [1.165, 1.54) is 0 Å². The molecule has 1 atom stereocenters. The zero-order valence-electron chi connectivity index (χ0n) is 14.4. The number of amides is 1. The number of nitrogens with one attached hydrogen (secondary N) is 1. The number of aromatic nitrogens is 4. The van der Waals surface area contributed by atoms with Gasteiger partial charge < -0.3 is 9.42 Å². The van der Waals surface area contributed by atoms with Crippen LogP contribution in [0.2, 0.25) is 0 Å². The third kappa shape index (κ3) is 3.01. The van der Waals surface area contributed by atoms with Gasteiger partial charge in [0.25, 0.3) is 5.91 Å². The number of hydrogen-bond acceptors (Lipinski definition) is 5. The summed E-state index contributed by atoms with van der Waals surface area (Å²) < 4.78 is 5.26. The largest absolute Gasteiger partial charge is 0.351 e. The van der Waals surface area contributed by atoms with Gasteiger partial charge in [0, 0.05) is 36.2 Å². The smallest absolute Gasteiger partial charge is 0.292 e. The number of carbonyl (C=O) groups excluding carboxylic acids is 1. The van der Waals surface area contributed by atoms with Gasteiger partial charge in [-0.25, -0.2) is 4.98 Å². The number of pyridine rings is 1. The van der Waals surface area contributed by atoms with Crippen molar-refractivity contribution in [3.8, 4) is 0 Å². The molecule has 1 fully saturated rings. The highest BCUT2D eigenvalue weighted by atomic mass is 16.5. The van der Waals surface area contributed by atoms with Crippen molar-refractivity contribution in [2.75, 3.05) is 13.1 Å². The van der Waals surface area contributed by atoms with Crippen LogP contribution in [-0.2, 0) is 0 Å². The molecule has 0 aliphatic carbocycles. The summed E-state index contributed by atoms with van der Waals surface area (Å²) in [6.45, 7) is 5.43. The van der Waals surface area contributed by atoms with E-state index in [0.29, 0.717) is 12.3 Å². The van der Waals surface area contributed by atoms with Gasteiger partial charge in [-0.1, -0.05) is 19.0 Å². The van der Waals surface area contributed by atoms with Gasteiger partial charge in [-0.3, -0.25) is 9.89 Å². The minimum absolute atomic E-state index is 0.0910. The fraction of sp³-hybridized carbons (Fsp3) is 0.444. The van der Waals surface area contributed by atoms with Crippen LogP contribution in [0.3, 0.4) is 0 Å². The molecule has 1 amide bonds. The first kappa shape index (κ1) is 15.8. The Hall–Kier alpha value is -2.70. The number of rotatable bonds is 3. The maximum Gasteiger partial charge on any atom is 0.292 e. The molecule has 4 rings (SSSR count). The molecule has 1 N–H and O–H groups in total. The molecule has 7 heteroatoms. The van der Waals surface area contributed by atoms with E-state index < -0.39 is 0 Å². The van der Waals surface area contributed by atoms with Crippen molar-refractivity contribution in [3.63, 3.8) is 0 Å². The SMILES string of the molecule is CC(C)c1cc(C(=O)N2CCC[C@H](c3ccc4cn[nH]c4n3)C2)on1. The highest BCUT2D eigenvalue weighted by molar-refractivity contribution is 5.91. The van der Waals surface area contributed by atoms with Crippen molar-refractivity contribution in [1.82, 2.24) is 25.2 Å². The Morgan fingerprint density at radius 1 is 1.40 bits per heavy atom. The van der Waals surface area contributed by atoms with E-state index in [2.05, 4.69) is 20.3 Å². The predicted molar refractivity (Wildman–Crippen MR) is 92.4 cm³/mol. The Balaban J connectivity index is 1.52. The first-order valence-electron chi connectivity index (χ1n) is 8.67. The Morgan fingerprint density at radius 2 is 2.28 bits per heavy atom. The van der Waals surface area contributed by atoms with Crippen molar-refractivity contribution < 1.29 is 9.32 Å². The molecule has 25 heavy (non-hydrogen) atoms. The first-order valence-corrected chi connectivity index (χ1v) is 8.67. The minimum atomic E-state index is -0.0910. The van der Waals surface area contributed by atoms with Crippen LogP contribution < -0.4 is 0 Å². The van der Waals surface area contributed by atoms with Crippen molar-refractivity contribution in [1.29, 1.82) is 0 Å². The zero-order valence-corrected chi connectivity index (χ0v) is 14.4. The molecule has 7 nitrogen and oxygen atoms in total. The molecule has 0 saturated carbocycles. The van der Waals surface area contributed by atoms with Crippen molar-refractivity contribution >= 4 is 16.9 Å². The lowest BCUT2D eigenvalue weighted by Gasteiger charge is -2.31. The number of fused-ring (bicyclic) bond motifs is 1. The first-order chi connectivity index (χ1) is 12.1. The second-order valence-electron chi connectivity index (χ2n) is 6.91. The van der Waals surface area contributed by atoms with Gasteiger partial charge >= 0.3 is 0 Å². The Bertz CT molecular complexity index is 898. The highest BCUT2D eigenvalue weighted by Gasteiger charge is 2.28. The van der Waals surface area contributed by atoms with Crippen molar-refractivity contribution in [2.24, 2.45) is 0 Å². The van der Waals surface area contributed by atoms with Crippen LogP contribution in [0.15, 0.2) is 28.9 Å². The van der Waals surface area contributed by atoms with E-state index in [4.69, 9.17) is 4.52 Å². The second-order valence-corrected chi connectivity index (χ2v) is 6.91. The van der Waals surface area contributed by atoms with E-state index >= 15 is 0 Å². The lowest BCUT2D eigenvalue weighted by molar-refractivity contribution is 0.0664. The monoisotopic (exact) mass is 339 g/mol. The van der Waals surface area contributed by atoms with E-state index in [-0.39, 0.29) is 17.7 Å². The van der Waals surface area contributed by atoms with Crippen LogP contribution in [0.1, 0.15) is 60.5 Å². The number of carbonyl (C=O) groups is 1. The van der Waals surface area contributed by atoms with Crippen LogP contribution in [0.25, 0.3) is 11.0 Å². The van der Waals surface area contributed by atoms with Crippen LogP contribution in [0, 0.1) is 0 Å². The third-order valence-corrected chi connectivity index (χ3v) is 4.78. The fourth-order valence-electron chi connectivity index (χ4n) is 3.29. The van der Waals surface area contributed by atoms with Crippen LogP contribution in [-0.4, -0.2) is 44.2 Å². The fourth-order valence-corrected chi connectivity index (χ4v) is 3.29. The van der Waals surface area contributed by atoms with Crippen molar-refractivity contribution in [3.05, 3.63) is 41.5 Å². The van der Waals surface area contributed by atoms with Crippen molar-refractivity contribution in [2.45, 2.75) is 38.5 Å². The number of aromatic amines is 1. The summed E-state index contributed by atoms with van der Waals surface area (Å²) in [4.78, 5) is 19.2. The molecular formula is C18H21N5O2. The minimum Gasteiger partial charge on any atom is -0.351 e. The molecule has 1 aliphatic rings. The summed E-state index contributed by atoms with van der Waals surface area (Å²) in [6.07, 6.45) is 3.73. The standard InChI is InChI=1S/C18H21N5O2/c1-11(2)15-8-16(25-22-15)18(24)23-7-3-4-13(10-23)14-6-5-12-9-19-21-17(12)20-14/h5-6,8-9,11,13H,3-4,7,10H2,1-2H3,(H,19,20,21)/t13-/m0/s1. The van der Waals surface area contributed by atoms with Gasteiger partial charge in [-0.2, -0.15) is 5.10 Å². The number of hydrogen-bond donors (Lipinski definition) is 1. The van der Waals surface area contributed by atoms with Crippen LogP contribution in [0.4, 0.5) is 0 Å². The van der Waals surface area contributed by atoms with Gasteiger partial charge in [-0.15, -0.1) is 0 Å². The molecule has 0 aromatic carbocycles. The molecule has 3 aromatic rings. The van der Waals surface area contributed by atoms with Crippen LogP contribution in [0.5, 0.6) is 0 Å². The molecule has 1 aliphatic heterocycles. The average Bonchev–Trinajstić information content (AvgIpc) is 3.30. The lowest BCUT2D eigenvalue weighted by atomic mass is 9.94. The van der Waals surface area contributed by atoms with Gasteiger partial charge in [0.1, 0.15) is 0 Å². The Kier molecular flexibility index (Phi) is 3.99. The summed E-state index contributed by atoms with van der Waals surface area (Å²) >= 11 is 0. The molecular weight excluding hydrogens is 318 g/mol. The van der Waals surface area contributed by atoms with Crippen LogP contribution >= 0.6 is 0 Å². The third-order valence-electron chi connectivity index (χ3n) is 4.78. The van der Waals surface area contributed by atoms with E-state index in [9.17, 15) is 4.79 Å². The summed E-state index contributed by atoms with van der Waals surface area (Å²) in [5.41, 5.74) is 2.59. The maximum absolute atomic E-state index is 12.7. The Morgan fingerprint density at radius 3 is 3.08 bits per heavy atom. The van der Waals surface area contributed by atoms with Gasteiger partial charge in [0.05, 0.1) is 11.9 Å². The number of likely N-dealkylation sites (tertiary alicyclic amines) is 1. The highest BCUT2D eigenvalue weighted by Crippen LogP contribution is 2.28. The summed E-state index contributed by atoms with van der Waals surface area (Å²) in [5, 5.41) is 11.9. The molecule has 130 valence electrons. The average molecular weight is 339 g/mol. The number of H-pyrrole nitrogens is 1. The second kappa shape index (κ2) is 6.31. The van der Waals surface area contributed by atoms with E-state index in [1.807, 2.05) is 30.9 Å². The maximum atomic E-state index is 12.7. The molecule has 0 spiro atoms. The molecule has 4 heterocycles. The normalized spacial score (nSPS) is 18.2. The van der Waals surface area contributed by atoms with Gasteiger partial charge in [-0.05, 0) is 30.9 Å². The summed E-state index contributed by atoms with van der Waals surface area (Å²) in [6, 6.07) is 5.81. The molecule has 0 unspecified atom stereocenters. The molecule has 0 radical (unpaired) electrons. The molecule has 3 aromatic heterocycles. The van der Waals surface area contributed by atoms with Gasteiger partial charge in [0.15, 0.2) is 5.65 Å². The molecule has 0 bridgehead atoms. The number of piperidine rings is 1. The summed E-state index contributed by atoms with van der Waals surface area (Å²) in [7, 11) is 0. The topological polar surface area (TPSA) is 87.9 Å². The van der Waals surface area contributed by atoms with Gasteiger partial charge in [0.2, 0.25) is 5.76 Å².